The van der Waals surface area contributed by atoms with Gasteiger partial charge >= 0.3 is 5.97 Å². The summed E-state index contributed by atoms with van der Waals surface area (Å²) in [4.78, 5) is 31.9. The highest BCUT2D eigenvalue weighted by molar-refractivity contribution is 6.43. The normalized spacial score (nSPS) is 11.8. The van der Waals surface area contributed by atoms with Crippen LogP contribution in [-0.2, 0) is 4.79 Å². The Hall–Kier alpha value is -1.90. The van der Waals surface area contributed by atoms with E-state index in [0.717, 1.165) is 12.1 Å². The summed E-state index contributed by atoms with van der Waals surface area (Å²) in [5, 5.41) is 29.7. The van der Waals surface area contributed by atoms with E-state index in [0.29, 0.717) is 0 Å². The molecule has 10 heteroatoms. The Morgan fingerprint density at radius 2 is 2.00 bits per heavy atom. The van der Waals surface area contributed by atoms with E-state index in [-0.39, 0.29) is 15.6 Å². The summed E-state index contributed by atoms with van der Waals surface area (Å²) in [7, 11) is 0. The molecule has 3 N–H and O–H groups in total. The van der Waals surface area contributed by atoms with E-state index in [1.54, 1.807) is 0 Å². The van der Waals surface area contributed by atoms with Crippen LogP contribution in [0.5, 0.6) is 0 Å². The lowest BCUT2D eigenvalue weighted by Crippen LogP contribution is -2.36. The highest BCUT2D eigenvalue weighted by atomic mass is 35.5. The Kier molecular flexibility index (Phi) is 5.26. The minimum absolute atomic E-state index is 0.177. The number of carboxylic acids is 1. The molecular formula is C10H8Cl2N2O6. The molecule has 0 aliphatic heterocycles. The van der Waals surface area contributed by atoms with Gasteiger partial charge in [-0.05, 0) is 6.07 Å². The number of carbonyl (C=O) groups is 2. The zero-order chi connectivity index (χ0) is 15.4. The maximum Gasteiger partial charge on any atom is 0.334 e. The summed E-state index contributed by atoms with van der Waals surface area (Å²) < 4.78 is 0. The first-order valence-corrected chi connectivity index (χ1v) is 5.82. The number of nitrogens with zero attached hydrogens (tertiary/aromatic N) is 1. The number of halogens is 2. The summed E-state index contributed by atoms with van der Waals surface area (Å²) in [5.41, 5.74) is -0.730. The van der Waals surface area contributed by atoms with Gasteiger partial charge < -0.3 is 15.5 Å². The molecule has 0 unspecified atom stereocenters. The number of hydrogen-bond acceptors (Lipinski definition) is 5. The number of aliphatic hydroxyl groups is 1. The standard InChI is InChI=1S/C10H8Cl2N2O6/c11-5-1-4(2-6(8(5)12)14(19)20)9(16)13-3-7(15)10(17)18/h1-2,7,15H,3H2,(H,13,16)(H,17,18)/t7-/m0/s1. The highest BCUT2D eigenvalue weighted by Crippen LogP contribution is 2.32. The third-order valence-corrected chi connectivity index (χ3v) is 3.00. The average Bonchev–Trinajstić information content (AvgIpc) is 2.37. The summed E-state index contributed by atoms with van der Waals surface area (Å²) in [5.74, 6) is -2.34. The Morgan fingerprint density at radius 3 is 2.50 bits per heavy atom. The van der Waals surface area contributed by atoms with Crippen molar-refractivity contribution in [2.45, 2.75) is 6.10 Å². The summed E-state index contributed by atoms with van der Waals surface area (Å²) >= 11 is 11.3. The van der Waals surface area contributed by atoms with Gasteiger partial charge in [0.25, 0.3) is 11.6 Å². The molecule has 0 saturated carbocycles. The molecule has 108 valence electrons. The smallest absolute Gasteiger partial charge is 0.334 e. The van der Waals surface area contributed by atoms with Crippen LogP contribution < -0.4 is 5.32 Å². The fourth-order valence-corrected chi connectivity index (χ4v) is 1.61. The van der Waals surface area contributed by atoms with Gasteiger partial charge in [-0.15, -0.1) is 0 Å². The van der Waals surface area contributed by atoms with Crippen molar-refractivity contribution in [2.24, 2.45) is 0 Å². The topological polar surface area (TPSA) is 130 Å². The van der Waals surface area contributed by atoms with E-state index in [4.69, 9.17) is 33.4 Å². The second-order valence-corrected chi connectivity index (χ2v) is 4.40. The highest BCUT2D eigenvalue weighted by Gasteiger charge is 2.21. The zero-order valence-corrected chi connectivity index (χ0v) is 11.2. The first kappa shape index (κ1) is 16.2. The quantitative estimate of drug-likeness (QED) is 0.549. The van der Waals surface area contributed by atoms with Gasteiger partial charge in [0.05, 0.1) is 16.5 Å². The average molecular weight is 323 g/mol. The number of aliphatic hydroxyl groups excluding tert-OH is 1. The van der Waals surface area contributed by atoms with Crippen LogP contribution in [0.4, 0.5) is 5.69 Å². The van der Waals surface area contributed by atoms with Crippen LogP contribution in [0.2, 0.25) is 10.0 Å². The van der Waals surface area contributed by atoms with Crippen LogP contribution in [0.15, 0.2) is 12.1 Å². The molecule has 0 radical (unpaired) electrons. The fourth-order valence-electron chi connectivity index (χ4n) is 1.22. The van der Waals surface area contributed by atoms with Crippen molar-refractivity contribution in [1.82, 2.24) is 5.32 Å². The van der Waals surface area contributed by atoms with Gasteiger partial charge in [-0.3, -0.25) is 14.9 Å². The number of nitro benzene ring substituents is 1. The predicted octanol–water partition coefficient (Wildman–Crippen LogP) is 1.08. The molecule has 0 aromatic heterocycles. The number of carboxylic acid groups (broad SMARTS) is 1. The molecule has 0 fully saturated rings. The molecule has 1 aromatic carbocycles. The summed E-state index contributed by atoms with van der Waals surface area (Å²) in [6.45, 7) is -0.553. The lowest BCUT2D eigenvalue weighted by Gasteiger charge is -2.08. The molecule has 0 bridgehead atoms. The van der Waals surface area contributed by atoms with Gasteiger partial charge in [0.1, 0.15) is 5.02 Å². The predicted molar refractivity (Wildman–Crippen MR) is 69.1 cm³/mol. The van der Waals surface area contributed by atoms with Crippen molar-refractivity contribution < 1.29 is 24.7 Å². The molecule has 1 amide bonds. The third-order valence-electron chi connectivity index (χ3n) is 2.21. The third kappa shape index (κ3) is 3.80. The molecule has 1 aromatic rings. The number of hydrogen-bond donors (Lipinski definition) is 3. The van der Waals surface area contributed by atoms with Crippen LogP contribution in [0.3, 0.4) is 0 Å². The van der Waals surface area contributed by atoms with Crippen molar-refractivity contribution >= 4 is 40.8 Å². The molecule has 20 heavy (non-hydrogen) atoms. The second kappa shape index (κ2) is 6.51. The van der Waals surface area contributed by atoms with Crippen molar-refractivity contribution in [3.63, 3.8) is 0 Å². The number of rotatable bonds is 5. The lowest BCUT2D eigenvalue weighted by atomic mass is 10.2. The van der Waals surface area contributed by atoms with Gasteiger partial charge in [0.15, 0.2) is 6.10 Å². The van der Waals surface area contributed by atoms with E-state index in [2.05, 4.69) is 5.32 Å². The number of nitrogens with one attached hydrogen (secondary N) is 1. The second-order valence-electron chi connectivity index (χ2n) is 3.61. The number of amides is 1. The first-order chi connectivity index (χ1) is 9.23. The number of nitro groups is 1. The minimum Gasteiger partial charge on any atom is -0.479 e. The fraction of sp³-hybridized carbons (Fsp3) is 0.200. The van der Waals surface area contributed by atoms with Gasteiger partial charge in [0, 0.05) is 11.6 Å². The largest absolute Gasteiger partial charge is 0.479 e. The number of benzene rings is 1. The van der Waals surface area contributed by atoms with Gasteiger partial charge in [0.2, 0.25) is 0 Å². The maximum absolute atomic E-state index is 11.7. The molecule has 0 heterocycles. The molecule has 0 aliphatic carbocycles. The number of carbonyl (C=O) groups excluding carboxylic acids is 1. The van der Waals surface area contributed by atoms with E-state index in [9.17, 15) is 19.7 Å². The zero-order valence-electron chi connectivity index (χ0n) is 9.67. The first-order valence-electron chi connectivity index (χ1n) is 5.06. The Bertz CT molecular complexity index is 577. The molecular weight excluding hydrogens is 315 g/mol. The van der Waals surface area contributed by atoms with E-state index in [1.807, 2.05) is 0 Å². The van der Waals surface area contributed by atoms with E-state index < -0.39 is 35.1 Å². The van der Waals surface area contributed by atoms with Crippen LogP contribution in [-0.4, -0.2) is 39.7 Å². The molecule has 0 saturated heterocycles. The van der Waals surface area contributed by atoms with Crippen molar-refractivity contribution in [2.75, 3.05) is 6.54 Å². The van der Waals surface area contributed by atoms with Crippen molar-refractivity contribution in [1.29, 1.82) is 0 Å². The summed E-state index contributed by atoms with van der Waals surface area (Å²) in [6, 6.07) is 2.00. The van der Waals surface area contributed by atoms with E-state index >= 15 is 0 Å². The number of aliphatic carboxylic acids is 1. The van der Waals surface area contributed by atoms with Crippen LogP contribution in [0.1, 0.15) is 10.4 Å². The van der Waals surface area contributed by atoms with Crippen molar-refractivity contribution in [3.05, 3.63) is 37.9 Å². The lowest BCUT2D eigenvalue weighted by molar-refractivity contribution is -0.384. The molecule has 0 aliphatic rings. The molecule has 1 atom stereocenters. The van der Waals surface area contributed by atoms with E-state index in [1.165, 1.54) is 0 Å². The van der Waals surface area contributed by atoms with Gasteiger partial charge in [-0.1, -0.05) is 23.2 Å². The van der Waals surface area contributed by atoms with Crippen LogP contribution in [0, 0.1) is 10.1 Å². The molecule has 0 spiro atoms. The Balaban J connectivity index is 2.94. The Labute approximate surface area is 122 Å². The van der Waals surface area contributed by atoms with Gasteiger partial charge in [-0.25, -0.2) is 4.79 Å². The molecule has 8 nitrogen and oxygen atoms in total. The minimum atomic E-state index is -1.78. The summed E-state index contributed by atoms with van der Waals surface area (Å²) in [6.07, 6.45) is -1.78. The maximum atomic E-state index is 11.7. The molecule has 1 rings (SSSR count). The van der Waals surface area contributed by atoms with Crippen LogP contribution >= 0.6 is 23.2 Å². The SMILES string of the molecule is O=C(NC[C@H](O)C(=O)O)c1cc(Cl)c(Cl)c([N+](=O)[O-])c1. The monoisotopic (exact) mass is 322 g/mol. The van der Waals surface area contributed by atoms with Crippen molar-refractivity contribution in [3.8, 4) is 0 Å². The Morgan fingerprint density at radius 1 is 1.40 bits per heavy atom. The van der Waals surface area contributed by atoms with Crippen LogP contribution in [0.25, 0.3) is 0 Å². The van der Waals surface area contributed by atoms with Gasteiger partial charge in [-0.2, -0.15) is 0 Å².